The van der Waals surface area contributed by atoms with Gasteiger partial charge in [-0.15, -0.1) is 0 Å². The van der Waals surface area contributed by atoms with Crippen molar-refractivity contribution in [2.45, 2.75) is 268 Å². The third kappa shape index (κ3) is 30.7. The van der Waals surface area contributed by atoms with Crippen LogP contribution in [-0.2, 0) is 18.4 Å². The Bertz CT molecular complexity index is 1240. The topological polar surface area (TPSA) is 226 Å². The van der Waals surface area contributed by atoms with Crippen molar-refractivity contribution >= 4 is 13.7 Å². The Hall–Kier alpha value is -1.48. The summed E-state index contributed by atoms with van der Waals surface area (Å²) in [4.78, 5) is 23.5. The van der Waals surface area contributed by atoms with Gasteiger partial charge in [0.05, 0.1) is 31.3 Å². The predicted molar refractivity (Wildman–Crippen MR) is 257 cm³/mol. The summed E-state index contributed by atoms with van der Waals surface area (Å²) in [7, 11) is -5.15. The van der Waals surface area contributed by atoms with Crippen LogP contribution in [0.25, 0.3) is 0 Å². The molecule has 0 bridgehead atoms. The maximum Gasteiger partial charge on any atom is 0.472 e. The first-order valence-electron chi connectivity index (χ1n) is 25.5. The first kappa shape index (κ1) is 60.5. The highest BCUT2D eigenvalue weighted by Gasteiger charge is 2.51. The molecule has 0 saturated heterocycles. The van der Waals surface area contributed by atoms with Crippen LogP contribution in [0, 0.1) is 0 Å². The summed E-state index contributed by atoms with van der Waals surface area (Å²) >= 11 is 0. The molecule has 0 heterocycles. The van der Waals surface area contributed by atoms with Crippen LogP contribution in [0.15, 0.2) is 36.5 Å². The first-order chi connectivity index (χ1) is 30.8. The molecule has 8 atom stereocenters. The second kappa shape index (κ2) is 39.5. The molecule has 8 unspecified atom stereocenters. The van der Waals surface area contributed by atoms with E-state index >= 15 is 0 Å². The van der Waals surface area contributed by atoms with E-state index in [9.17, 15) is 50.0 Å². The Morgan fingerprint density at radius 1 is 0.547 bits per heavy atom. The van der Waals surface area contributed by atoms with Crippen molar-refractivity contribution in [1.82, 2.24) is 5.32 Å². The number of aliphatic hydroxyl groups excluding tert-OH is 7. The van der Waals surface area contributed by atoms with Crippen LogP contribution >= 0.6 is 7.82 Å². The van der Waals surface area contributed by atoms with Gasteiger partial charge in [0.1, 0.15) is 36.6 Å². The van der Waals surface area contributed by atoms with Crippen LogP contribution in [0.3, 0.4) is 0 Å². The minimum atomic E-state index is -5.15. The van der Waals surface area contributed by atoms with Crippen molar-refractivity contribution in [3.05, 3.63) is 36.5 Å². The van der Waals surface area contributed by atoms with E-state index in [2.05, 4.69) is 43.5 Å². The molecule has 1 amide bonds. The van der Waals surface area contributed by atoms with E-state index in [1.54, 1.807) is 6.08 Å². The molecular weight excluding hydrogens is 838 g/mol. The highest BCUT2D eigenvalue weighted by Crippen LogP contribution is 2.47. The zero-order valence-corrected chi connectivity index (χ0v) is 40.8. The average Bonchev–Trinajstić information content (AvgIpc) is 3.27. The summed E-state index contributed by atoms with van der Waals surface area (Å²) in [5.41, 5.74) is 0. The number of hydrogen-bond donors (Lipinski definition) is 9. The Morgan fingerprint density at radius 3 is 1.38 bits per heavy atom. The molecule has 1 aliphatic rings. The molecule has 0 aromatic rings. The van der Waals surface area contributed by atoms with Crippen molar-refractivity contribution < 1.29 is 59.0 Å². The summed E-state index contributed by atoms with van der Waals surface area (Å²) in [6.07, 6.45) is 32.3. The number of aliphatic hydroxyl groups is 7. The SMILES string of the molecule is CCCCCCCCCCC/C=C\CCCCCC(O)CC(=O)NC(COP(=O)(O)OC1C(O)C(O)C(O)C(O)C1O)C(O)/C=C/CC/C=C/CCCCCCCCCCCCCC. The maximum absolute atomic E-state index is 13.0. The Morgan fingerprint density at radius 2 is 0.922 bits per heavy atom. The van der Waals surface area contributed by atoms with Crippen molar-refractivity contribution in [1.29, 1.82) is 0 Å². The van der Waals surface area contributed by atoms with Gasteiger partial charge in [-0.05, 0) is 57.8 Å². The fourth-order valence-corrected chi connectivity index (χ4v) is 8.98. The number of hydrogen-bond acceptors (Lipinski definition) is 11. The molecule has 0 aromatic heterocycles. The van der Waals surface area contributed by atoms with E-state index in [4.69, 9.17) is 9.05 Å². The van der Waals surface area contributed by atoms with Gasteiger partial charge in [-0.3, -0.25) is 13.8 Å². The smallest absolute Gasteiger partial charge is 0.393 e. The largest absolute Gasteiger partial charge is 0.472 e. The molecule has 0 spiro atoms. The molecule has 64 heavy (non-hydrogen) atoms. The Balaban J connectivity index is 2.54. The van der Waals surface area contributed by atoms with E-state index in [0.29, 0.717) is 12.8 Å². The van der Waals surface area contributed by atoms with Gasteiger partial charge in [-0.2, -0.15) is 0 Å². The second-order valence-corrected chi connectivity index (χ2v) is 19.6. The lowest BCUT2D eigenvalue weighted by Crippen LogP contribution is -2.64. The lowest BCUT2D eigenvalue weighted by Gasteiger charge is -2.41. The summed E-state index contributed by atoms with van der Waals surface area (Å²) in [6.45, 7) is 3.74. The molecule has 14 heteroatoms. The minimum Gasteiger partial charge on any atom is -0.393 e. The monoisotopic (exact) mass is 932 g/mol. The van der Waals surface area contributed by atoms with E-state index in [0.717, 1.165) is 51.4 Å². The number of phosphoric acid groups is 1. The Kier molecular flexibility index (Phi) is 37.4. The summed E-state index contributed by atoms with van der Waals surface area (Å²) in [6, 6.07) is -1.26. The molecule has 0 radical (unpaired) electrons. The van der Waals surface area contributed by atoms with Crippen molar-refractivity contribution in [2.75, 3.05) is 6.61 Å². The summed E-state index contributed by atoms with van der Waals surface area (Å²) in [5, 5.41) is 74.6. The Labute approximate surface area is 387 Å². The molecule has 1 saturated carbocycles. The highest BCUT2D eigenvalue weighted by molar-refractivity contribution is 7.47. The van der Waals surface area contributed by atoms with Gasteiger partial charge < -0.3 is 46.0 Å². The van der Waals surface area contributed by atoms with Crippen LogP contribution in [0.5, 0.6) is 0 Å². The van der Waals surface area contributed by atoms with E-state index in [1.165, 1.54) is 134 Å². The second-order valence-electron chi connectivity index (χ2n) is 18.2. The number of amides is 1. The third-order valence-electron chi connectivity index (χ3n) is 12.2. The van der Waals surface area contributed by atoms with Crippen molar-refractivity contribution in [2.24, 2.45) is 0 Å². The van der Waals surface area contributed by atoms with Gasteiger partial charge in [0, 0.05) is 0 Å². The number of unbranched alkanes of at least 4 members (excludes halogenated alkanes) is 25. The van der Waals surface area contributed by atoms with E-state index in [1.807, 2.05) is 0 Å². The number of allylic oxidation sites excluding steroid dienone is 5. The molecular formula is C50H94NO12P. The molecule has 0 aliphatic heterocycles. The van der Waals surface area contributed by atoms with Crippen LogP contribution < -0.4 is 5.32 Å². The molecule has 1 rings (SSSR count). The lowest BCUT2D eigenvalue weighted by atomic mass is 9.85. The fourth-order valence-electron chi connectivity index (χ4n) is 8.02. The van der Waals surface area contributed by atoms with Crippen molar-refractivity contribution in [3.63, 3.8) is 0 Å². The quantitative estimate of drug-likeness (QED) is 0.0159. The zero-order valence-electron chi connectivity index (χ0n) is 39.9. The molecule has 0 aromatic carbocycles. The minimum absolute atomic E-state index is 0.262. The van der Waals surface area contributed by atoms with Crippen LogP contribution in [0.1, 0.15) is 213 Å². The van der Waals surface area contributed by atoms with Crippen molar-refractivity contribution in [3.8, 4) is 0 Å². The number of rotatable bonds is 42. The van der Waals surface area contributed by atoms with Gasteiger partial charge in [0.2, 0.25) is 5.91 Å². The van der Waals surface area contributed by atoms with Gasteiger partial charge in [-0.25, -0.2) is 4.57 Å². The number of carbonyl (C=O) groups is 1. The van der Waals surface area contributed by atoms with Gasteiger partial charge in [0.15, 0.2) is 0 Å². The third-order valence-corrected chi connectivity index (χ3v) is 13.2. The lowest BCUT2D eigenvalue weighted by molar-refractivity contribution is -0.220. The first-order valence-corrected chi connectivity index (χ1v) is 27.0. The van der Waals surface area contributed by atoms with Crippen LogP contribution in [0.4, 0.5) is 0 Å². The van der Waals surface area contributed by atoms with Gasteiger partial charge in [0.25, 0.3) is 0 Å². The normalized spacial score (nSPS) is 23.0. The van der Waals surface area contributed by atoms with Gasteiger partial charge in [-0.1, -0.05) is 185 Å². The fraction of sp³-hybridized carbons (Fsp3) is 0.860. The van der Waals surface area contributed by atoms with Gasteiger partial charge >= 0.3 is 7.82 Å². The zero-order chi connectivity index (χ0) is 47.3. The van der Waals surface area contributed by atoms with E-state index < -0.39 is 75.2 Å². The molecule has 9 N–H and O–H groups in total. The summed E-state index contributed by atoms with van der Waals surface area (Å²) in [5.74, 6) is -0.610. The number of phosphoric ester groups is 1. The maximum atomic E-state index is 13.0. The van der Waals surface area contributed by atoms with Crippen LogP contribution in [0.2, 0.25) is 0 Å². The molecule has 1 fully saturated rings. The summed E-state index contributed by atoms with van der Waals surface area (Å²) < 4.78 is 22.9. The van der Waals surface area contributed by atoms with E-state index in [-0.39, 0.29) is 6.42 Å². The molecule has 13 nitrogen and oxygen atoms in total. The molecule has 376 valence electrons. The molecule has 1 aliphatic carbocycles. The standard InChI is InChI=1S/C50H94NO12P/c1-3-5-7-9-11-13-15-17-19-21-22-24-26-28-30-32-34-36-38-43(53)42(40-62-64(60,61)63-50-48(58)46(56)45(55)47(57)49(50)59)51-44(54)39-41(52)37-35-33-31-29-27-25-23-20-18-16-14-12-10-8-6-4-2/h25,27-28,30,36,38,41-43,45-50,52-53,55-59H,3-24,26,29,31-35,37,39-40H2,1-2H3,(H,51,54)(H,60,61)/b27-25-,30-28+,38-36+. The van der Waals surface area contributed by atoms with Crippen LogP contribution in [-0.4, -0.2) is 108 Å². The number of carbonyl (C=O) groups excluding carboxylic acids is 1. The average molecular weight is 932 g/mol. The highest BCUT2D eigenvalue weighted by atomic mass is 31.2. The number of nitrogens with one attached hydrogen (secondary N) is 1. The predicted octanol–water partition coefficient (Wildman–Crippen LogP) is 9.31.